The minimum absolute atomic E-state index is 0.00502. The summed E-state index contributed by atoms with van der Waals surface area (Å²) in [5.74, 6) is 1.50. The SMILES string of the molecule is CC(C)C(=O)Nc1ccc(NCc2ccc(-c3ccc(Br)cc3Cl)o2)cc1. The first-order valence-electron chi connectivity index (χ1n) is 8.61. The topological polar surface area (TPSA) is 54.3 Å². The Labute approximate surface area is 172 Å². The lowest BCUT2D eigenvalue weighted by atomic mass is 10.2. The summed E-state index contributed by atoms with van der Waals surface area (Å²) >= 11 is 9.68. The van der Waals surface area contributed by atoms with Crippen LogP contribution in [0.1, 0.15) is 19.6 Å². The molecular formula is C21H20BrClN2O2. The van der Waals surface area contributed by atoms with Gasteiger partial charge in [-0.25, -0.2) is 0 Å². The molecule has 140 valence electrons. The van der Waals surface area contributed by atoms with Gasteiger partial charge in [0.25, 0.3) is 0 Å². The van der Waals surface area contributed by atoms with Crippen molar-refractivity contribution >= 4 is 44.8 Å². The zero-order valence-corrected chi connectivity index (χ0v) is 17.4. The molecule has 0 saturated carbocycles. The predicted octanol–water partition coefficient (Wildman–Crippen LogP) is 6.57. The lowest BCUT2D eigenvalue weighted by Crippen LogP contribution is -2.17. The van der Waals surface area contributed by atoms with Crippen LogP contribution < -0.4 is 10.6 Å². The van der Waals surface area contributed by atoms with Crippen molar-refractivity contribution in [2.45, 2.75) is 20.4 Å². The molecule has 0 aliphatic rings. The van der Waals surface area contributed by atoms with Crippen molar-refractivity contribution in [1.82, 2.24) is 0 Å². The van der Waals surface area contributed by atoms with Gasteiger partial charge in [0.1, 0.15) is 11.5 Å². The highest BCUT2D eigenvalue weighted by Crippen LogP contribution is 2.31. The fourth-order valence-electron chi connectivity index (χ4n) is 2.45. The quantitative estimate of drug-likeness (QED) is 0.449. The molecule has 6 heteroatoms. The molecule has 0 unspecified atom stereocenters. The Kier molecular flexibility index (Phi) is 6.24. The maximum absolute atomic E-state index is 11.7. The zero-order valence-electron chi connectivity index (χ0n) is 15.1. The molecule has 0 saturated heterocycles. The molecule has 0 fully saturated rings. The van der Waals surface area contributed by atoms with Gasteiger partial charge in [0.2, 0.25) is 5.91 Å². The van der Waals surface area contributed by atoms with Crippen LogP contribution >= 0.6 is 27.5 Å². The summed E-state index contributed by atoms with van der Waals surface area (Å²) in [6.45, 7) is 4.28. The van der Waals surface area contributed by atoms with Gasteiger partial charge < -0.3 is 15.1 Å². The molecule has 0 atom stereocenters. The first kappa shape index (κ1) is 19.5. The van der Waals surface area contributed by atoms with E-state index >= 15 is 0 Å². The Morgan fingerprint density at radius 2 is 1.78 bits per heavy atom. The van der Waals surface area contributed by atoms with E-state index in [4.69, 9.17) is 16.0 Å². The Hall–Kier alpha value is -2.24. The van der Waals surface area contributed by atoms with E-state index in [1.807, 2.05) is 68.4 Å². The number of rotatable bonds is 6. The van der Waals surface area contributed by atoms with E-state index < -0.39 is 0 Å². The molecule has 0 radical (unpaired) electrons. The molecule has 2 aromatic carbocycles. The van der Waals surface area contributed by atoms with Crippen LogP contribution in [-0.2, 0) is 11.3 Å². The third-order valence-corrected chi connectivity index (χ3v) is 4.81. The maximum atomic E-state index is 11.7. The Morgan fingerprint density at radius 1 is 1.07 bits per heavy atom. The summed E-state index contributed by atoms with van der Waals surface area (Å²) in [6.07, 6.45) is 0. The van der Waals surface area contributed by atoms with Gasteiger partial charge in [-0.2, -0.15) is 0 Å². The van der Waals surface area contributed by atoms with Crippen LogP contribution in [0.5, 0.6) is 0 Å². The van der Waals surface area contributed by atoms with Crippen molar-refractivity contribution in [2.75, 3.05) is 10.6 Å². The first-order chi connectivity index (χ1) is 12.9. The molecule has 0 spiro atoms. The van der Waals surface area contributed by atoms with Crippen LogP contribution in [0, 0.1) is 5.92 Å². The van der Waals surface area contributed by atoms with Crippen LogP contribution in [0.4, 0.5) is 11.4 Å². The summed E-state index contributed by atoms with van der Waals surface area (Å²) in [7, 11) is 0. The van der Waals surface area contributed by atoms with E-state index in [1.54, 1.807) is 0 Å². The third-order valence-electron chi connectivity index (χ3n) is 4.00. The second-order valence-corrected chi connectivity index (χ2v) is 7.79. The van der Waals surface area contributed by atoms with Crippen molar-refractivity contribution in [3.63, 3.8) is 0 Å². The van der Waals surface area contributed by atoms with Gasteiger partial charge in [-0.05, 0) is 54.6 Å². The minimum atomic E-state index is -0.0461. The Bertz CT molecular complexity index is 936. The number of furan rings is 1. The number of benzene rings is 2. The highest BCUT2D eigenvalue weighted by atomic mass is 79.9. The molecule has 0 aliphatic carbocycles. The standard InChI is InChI=1S/C21H20BrClN2O2/c1-13(2)21(26)25-16-6-4-15(5-7-16)24-12-17-8-10-20(27-17)18-9-3-14(22)11-19(18)23/h3-11,13,24H,12H2,1-2H3,(H,25,26). The number of nitrogens with one attached hydrogen (secondary N) is 2. The number of halogens is 2. The second-order valence-electron chi connectivity index (χ2n) is 6.46. The second kappa shape index (κ2) is 8.63. The van der Waals surface area contributed by atoms with Crippen molar-refractivity contribution in [2.24, 2.45) is 5.92 Å². The summed E-state index contributed by atoms with van der Waals surface area (Å²) in [5.41, 5.74) is 2.58. The fraction of sp³-hybridized carbons (Fsp3) is 0.190. The van der Waals surface area contributed by atoms with E-state index in [2.05, 4.69) is 26.6 Å². The fourth-order valence-corrected chi connectivity index (χ4v) is 3.22. The van der Waals surface area contributed by atoms with Crippen molar-refractivity contribution in [3.8, 4) is 11.3 Å². The van der Waals surface area contributed by atoms with Gasteiger partial charge in [0.15, 0.2) is 0 Å². The van der Waals surface area contributed by atoms with Crippen LogP contribution in [0.15, 0.2) is 63.5 Å². The lowest BCUT2D eigenvalue weighted by Gasteiger charge is -2.09. The van der Waals surface area contributed by atoms with E-state index in [9.17, 15) is 4.79 Å². The average molecular weight is 448 g/mol. The summed E-state index contributed by atoms with van der Waals surface area (Å²) in [4.78, 5) is 11.7. The van der Waals surface area contributed by atoms with E-state index in [-0.39, 0.29) is 11.8 Å². The third kappa shape index (κ3) is 5.15. The van der Waals surface area contributed by atoms with Gasteiger partial charge in [-0.3, -0.25) is 4.79 Å². The smallest absolute Gasteiger partial charge is 0.226 e. The van der Waals surface area contributed by atoms with E-state index in [0.717, 1.165) is 32.9 Å². The maximum Gasteiger partial charge on any atom is 0.226 e. The van der Waals surface area contributed by atoms with Crippen LogP contribution in [0.3, 0.4) is 0 Å². The molecule has 2 N–H and O–H groups in total. The monoisotopic (exact) mass is 446 g/mol. The molecule has 1 amide bonds. The van der Waals surface area contributed by atoms with Crippen LogP contribution in [-0.4, -0.2) is 5.91 Å². The Morgan fingerprint density at radius 3 is 2.44 bits per heavy atom. The van der Waals surface area contributed by atoms with Gasteiger partial charge >= 0.3 is 0 Å². The number of hydrogen-bond donors (Lipinski definition) is 2. The molecular weight excluding hydrogens is 428 g/mol. The molecule has 3 aromatic rings. The first-order valence-corrected chi connectivity index (χ1v) is 9.78. The van der Waals surface area contributed by atoms with Gasteiger partial charge in [-0.1, -0.05) is 41.4 Å². The molecule has 0 bridgehead atoms. The summed E-state index contributed by atoms with van der Waals surface area (Å²) < 4.78 is 6.82. The highest BCUT2D eigenvalue weighted by molar-refractivity contribution is 9.10. The molecule has 1 aromatic heterocycles. The molecule has 1 heterocycles. The summed E-state index contributed by atoms with van der Waals surface area (Å²) in [6, 6.07) is 17.1. The van der Waals surface area contributed by atoms with Crippen molar-refractivity contribution < 1.29 is 9.21 Å². The minimum Gasteiger partial charge on any atom is -0.459 e. The van der Waals surface area contributed by atoms with Crippen LogP contribution in [0.25, 0.3) is 11.3 Å². The van der Waals surface area contributed by atoms with Gasteiger partial charge in [0, 0.05) is 27.3 Å². The van der Waals surface area contributed by atoms with E-state index in [1.165, 1.54) is 0 Å². The number of carbonyl (C=O) groups is 1. The number of anilines is 2. The predicted molar refractivity (Wildman–Crippen MR) is 114 cm³/mol. The zero-order chi connectivity index (χ0) is 19.4. The van der Waals surface area contributed by atoms with Gasteiger partial charge in [0.05, 0.1) is 11.6 Å². The summed E-state index contributed by atoms with van der Waals surface area (Å²) in [5, 5.41) is 6.81. The van der Waals surface area contributed by atoms with Crippen molar-refractivity contribution in [1.29, 1.82) is 0 Å². The average Bonchev–Trinajstić information content (AvgIpc) is 3.09. The molecule has 0 aliphatic heterocycles. The van der Waals surface area contributed by atoms with Crippen LogP contribution in [0.2, 0.25) is 5.02 Å². The lowest BCUT2D eigenvalue weighted by molar-refractivity contribution is -0.118. The van der Waals surface area contributed by atoms with Crippen molar-refractivity contribution in [3.05, 3.63) is 69.9 Å². The highest BCUT2D eigenvalue weighted by Gasteiger charge is 2.10. The number of hydrogen-bond acceptors (Lipinski definition) is 3. The van der Waals surface area contributed by atoms with E-state index in [0.29, 0.717) is 11.6 Å². The number of carbonyl (C=O) groups excluding carboxylic acids is 1. The molecule has 4 nitrogen and oxygen atoms in total. The number of amides is 1. The largest absolute Gasteiger partial charge is 0.459 e. The normalized spacial score (nSPS) is 10.9. The van der Waals surface area contributed by atoms with Gasteiger partial charge in [-0.15, -0.1) is 0 Å². The molecule has 27 heavy (non-hydrogen) atoms. The molecule has 3 rings (SSSR count). The Balaban J connectivity index is 1.61.